The standard InChI is InChI=1S/C15H16IN3O2/c1-10(12-5-3-2-4-6-12)19-13(14(16)17-18-19)15(20)21-9-11-7-8-11/h2-6,10-11H,7-9H2,1H3/t10-/m1/s1. The summed E-state index contributed by atoms with van der Waals surface area (Å²) in [7, 11) is 0. The van der Waals surface area contributed by atoms with Crippen molar-refractivity contribution in [2.24, 2.45) is 5.92 Å². The van der Waals surface area contributed by atoms with E-state index < -0.39 is 0 Å². The summed E-state index contributed by atoms with van der Waals surface area (Å²) in [4.78, 5) is 12.3. The van der Waals surface area contributed by atoms with Gasteiger partial charge in [-0.1, -0.05) is 35.5 Å². The molecule has 1 atom stereocenters. The fourth-order valence-corrected chi connectivity index (χ4v) is 2.71. The number of benzene rings is 1. The Bertz CT molecular complexity index is 638. The van der Waals surface area contributed by atoms with Crippen LogP contribution in [0.15, 0.2) is 30.3 Å². The van der Waals surface area contributed by atoms with Gasteiger partial charge in [0.2, 0.25) is 0 Å². The van der Waals surface area contributed by atoms with Gasteiger partial charge in [-0.2, -0.15) is 0 Å². The molecule has 0 amide bonds. The van der Waals surface area contributed by atoms with E-state index in [1.807, 2.05) is 59.8 Å². The van der Waals surface area contributed by atoms with Crippen LogP contribution in [0.3, 0.4) is 0 Å². The van der Waals surface area contributed by atoms with Crippen LogP contribution in [0.2, 0.25) is 0 Å². The largest absolute Gasteiger partial charge is 0.461 e. The van der Waals surface area contributed by atoms with Crippen molar-refractivity contribution in [2.75, 3.05) is 6.61 Å². The summed E-state index contributed by atoms with van der Waals surface area (Å²) in [6.45, 7) is 2.50. The van der Waals surface area contributed by atoms with E-state index in [-0.39, 0.29) is 12.0 Å². The normalized spacial score (nSPS) is 15.7. The topological polar surface area (TPSA) is 57.0 Å². The van der Waals surface area contributed by atoms with E-state index in [2.05, 4.69) is 10.3 Å². The number of hydrogen-bond donors (Lipinski definition) is 0. The molecule has 0 aliphatic heterocycles. The SMILES string of the molecule is C[C@H](c1ccccc1)n1nnc(I)c1C(=O)OCC1CC1. The van der Waals surface area contributed by atoms with E-state index in [1.165, 1.54) is 0 Å². The first-order chi connectivity index (χ1) is 10.2. The predicted molar refractivity (Wildman–Crippen MR) is 86.0 cm³/mol. The summed E-state index contributed by atoms with van der Waals surface area (Å²) in [6, 6.07) is 9.87. The van der Waals surface area contributed by atoms with E-state index in [4.69, 9.17) is 4.74 Å². The number of carbonyl (C=O) groups is 1. The zero-order valence-electron chi connectivity index (χ0n) is 11.7. The highest BCUT2D eigenvalue weighted by Gasteiger charge is 2.27. The van der Waals surface area contributed by atoms with E-state index in [0.29, 0.717) is 21.9 Å². The predicted octanol–water partition coefficient (Wildman–Crippen LogP) is 3.06. The Hall–Kier alpha value is -1.44. The molecule has 0 spiro atoms. The Morgan fingerprint density at radius 3 is 2.81 bits per heavy atom. The van der Waals surface area contributed by atoms with Gasteiger partial charge >= 0.3 is 5.97 Å². The average molecular weight is 397 g/mol. The van der Waals surface area contributed by atoms with Gasteiger partial charge in [0.05, 0.1) is 12.6 Å². The molecule has 1 heterocycles. The summed E-state index contributed by atoms with van der Waals surface area (Å²) in [5.41, 5.74) is 1.52. The quantitative estimate of drug-likeness (QED) is 0.575. The average Bonchev–Trinajstić information content (AvgIpc) is 3.26. The zero-order valence-corrected chi connectivity index (χ0v) is 13.9. The summed E-state index contributed by atoms with van der Waals surface area (Å²) in [5.74, 6) is 0.210. The number of nitrogens with zero attached hydrogens (tertiary/aromatic N) is 3. The lowest BCUT2D eigenvalue weighted by molar-refractivity contribution is 0.0469. The molecule has 1 saturated carbocycles. The highest BCUT2D eigenvalue weighted by Crippen LogP contribution is 2.29. The van der Waals surface area contributed by atoms with Gasteiger partial charge in [-0.15, -0.1) is 5.10 Å². The summed E-state index contributed by atoms with van der Waals surface area (Å²) >= 11 is 2.03. The minimum absolute atomic E-state index is 0.0642. The molecule has 21 heavy (non-hydrogen) atoms. The van der Waals surface area contributed by atoms with Crippen LogP contribution in [-0.2, 0) is 4.74 Å². The number of halogens is 1. The zero-order chi connectivity index (χ0) is 14.8. The van der Waals surface area contributed by atoms with Crippen molar-refractivity contribution in [1.29, 1.82) is 0 Å². The minimum Gasteiger partial charge on any atom is -0.461 e. The van der Waals surface area contributed by atoms with E-state index in [1.54, 1.807) is 4.68 Å². The third kappa shape index (κ3) is 3.25. The van der Waals surface area contributed by atoms with Crippen LogP contribution in [-0.4, -0.2) is 27.6 Å². The Balaban J connectivity index is 1.83. The number of carbonyl (C=O) groups excluding carboxylic acids is 1. The molecule has 0 N–H and O–H groups in total. The first kappa shape index (κ1) is 14.5. The Labute approximate surface area is 136 Å². The number of ether oxygens (including phenoxy) is 1. The molecular formula is C15H16IN3O2. The highest BCUT2D eigenvalue weighted by atomic mass is 127. The molecule has 0 radical (unpaired) electrons. The van der Waals surface area contributed by atoms with Crippen LogP contribution in [0.1, 0.15) is 41.9 Å². The molecule has 0 saturated heterocycles. The molecule has 5 nitrogen and oxygen atoms in total. The first-order valence-corrected chi connectivity index (χ1v) is 8.07. The Morgan fingerprint density at radius 1 is 1.43 bits per heavy atom. The van der Waals surface area contributed by atoms with Gasteiger partial charge in [0, 0.05) is 0 Å². The van der Waals surface area contributed by atoms with Crippen molar-refractivity contribution >= 4 is 28.6 Å². The van der Waals surface area contributed by atoms with Gasteiger partial charge < -0.3 is 4.74 Å². The third-order valence-corrected chi connectivity index (χ3v) is 4.37. The third-order valence-electron chi connectivity index (χ3n) is 3.64. The maximum atomic E-state index is 12.3. The molecule has 0 unspecified atom stereocenters. The molecular weight excluding hydrogens is 381 g/mol. The molecule has 0 bridgehead atoms. The number of aromatic nitrogens is 3. The van der Waals surface area contributed by atoms with Crippen LogP contribution >= 0.6 is 22.6 Å². The van der Waals surface area contributed by atoms with Crippen molar-refractivity contribution in [3.05, 3.63) is 45.3 Å². The molecule has 2 aromatic rings. The van der Waals surface area contributed by atoms with Crippen LogP contribution in [0, 0.1) is 9.62 Å². The number of esters is 1. The lowest BCUT2D eigenvalue weighted by atomic mass is 10.1. The highest BCUT2D eigenvalue weighted by molar-refractivity contribution is 14.1. The Morgan fingerprint density at radius 2 is 2.14 bits per heavy atom. The van der Waals surface area contributed by atoms with Crippen LogP contribution in [0.4, 0.5) is 0 Å². The van der Waals surface area contributed by atoms with E-state index in [9.17, 15) is 4.79 Å². The van der Waals surface area contributed by atoms with Gasteiger partial charge in [-0.25, -0.2) is 9.48 Å². The summed E-state index contributed by atoms with van der Waals surface area (Å²) in [5, 5.41) is 8.14. The maximum absolute atomic E-state index is 12.3. The van der Waals surface area contributed by atoms with Crippen molar-refractivity contribution in [2.45, 2.75) is 25.8 Å². The van der Waals surface area contributed by atoms with Crippen LogP contribution in [0.25, 0.3) is 0 Å². The van der Waals surface area contributed by atoms with Gasteiger partial charge in [0.25, 0.3) is 0 Å². The summed E-state index contributed by atoms with van der Waals surface area (Å²) in [6.07, 6.45) is 2.31. The summed E-state index contributed by atoms with van der Waals surface area (Å²) < 4.78 is 7.60. The monoisotopic (exact) mass is 397 g/mol. The molecule has 1 aromatic carbocycles. The first-order valence-electron chi connectivity index (χ1n) is 6.99. The molecule has 1 aliphatic rings. The van der Waals surface area contributed by atoms with E-state index >= 15 is 0 Å². The smallest absolute Gasteiger partial charge is 0.359 e. The van der Waals surface area contributed by atoms with Gasteiger partial charge in [0.1, 0.15) is 0 Å². The van der Waals surface area contributed by atoms with Crippen molar-refractivity contribution in [3.8, 4) is 0 Å². The van der Waals surface area contributed by atoms with Crippen molar-refractivity contribution in [1.82, 2.24) is 15.0 Å². The van der Waals surface area contributed by atoms with Gasteiger partial charge in [-0.3, -0.25) is 0 Å². The van der Waals surface area contributed by atoms with Gasteiger partial charge in [0.15, 0.2) is 9.39 Å². The van der Waals surface area contributed by atoms with Crippen LogP contribution < -0.4 is 0 Å². The fourth-order valence-electron chi connectivity index (χ4n) is 2.14. The van der Waals surface area contributed by atoms with Crippen LogP contribution in [0.5, 0.6) is 0 Å². The second kappa shape index (κ2) is 6.13. The fraction of sp³-hybridized carbons (Fsp3) is 0.400. The molecule has 1 fully saturated rings. The number of rotatable bonds is 5. The van der Waals surface area contributed by atoms with Crippen molar-refractivity contribution < 1.29 is 9.53 Å². The minimum atomic E-state index is -0.334. The number of hydrogen-bond acceptors (Lipinski definition) is 4. The van der Waals surface area contributed by atoms with Gasteiger partial charge in [-0.05, 0) is 53.8 Å². The van der Waals surface area contributed by atoms with Crippen molar-refractivity contribution in [3.63, 3.8) is 0 Å². The second-order valence-corrected chi connectivity index (χ2v) is 6.32. The molecule has 1 aromatic heterocycles. The second-order valence-electron chi connectivity index (χ2n) is 5.30. The molecule has 1 aliphatic carbocycles. The lowest BCUT2D eigenvalue weighted by Crippen LogP contribution is -2.19. The molecule has 110 valence electrons. The maximum Gasteiger partial charge on any atom is 0.359 e. The lowest BCUT2D eigenvalue weighted by Gasteiger charge is -2.14. The van der Waals surface area contributed by atoms with E-state index in [0.717, 1.165) is 18.4 Å². The Kier molecular flexibility index (Phi) is 4.23. The molecule has 6 heteroatoms. The molecule has 3 rings (SSSR count).